The Morgan fingerprint density at radius 2 is 2.44 bits per heavy atom. The molecule has 6 heteroatoms. The minimum Gasteiger partial charge on any atom is -0.481 e. The Kier molecular flexibility index (Phi) is 3.40. The number of carbonyl (C=O) groups is 1. The van der Waals surface area contributed by atoms with Crippen LogP contribution in [0.4, 0.5) is 0 Å². The van der Waals surface area contributed by atoms with Crippen LogP contribution in [0.2, 0.25) is 0 Å². The Bertz CT molecular complexity index is 506. The number of rotatable bonds is 4. The zero-order chi connectivity index (χ0) is 11.5. The van der Waals surface area contributed by atoms with Crippen molar-refractivity contribution in [3.8, 4) is 10.8 Å². The Morgan fingerprint density at radius 1 is 1.62 bits per heavy atom. The first kappa shape index (κ1) is 11.3. The summed E-state index contributed by atoms with van der Waals surface area (Å²) >= 11 is 4.80. The molecule has 4 nitrogen and oxygen atoms in total. The zero-order valence-electron chi connectivity index (χ0n) is 8.14. The van der Waals surface area contributed by atoms with Crippen LogP contribution in [0.1, 0.15) is 12.1 Å². The molecular formula is C10H8BrNO3S. The van der Waals surface area contributed by atoms with E-state index in [0.717, 1.165) is 15.2 Å². The van der Waals surface area contributed by atoms with Crippen molar-refractivity contribution in [2.75, 3.05) is 0 Å². The third-order valence-electron chi connectivity index (χ3n) is 1.96. The molecule has 0 unspecified atom stereocenters. The summed E-state index contributed by atoms with van der Waals surface area (Å²) in [4.78, 5) is 14.7. The van der Waals surface area contributed by atoms with Crippen LogP contribution in [0.5, 0.6) is 0 Å². The van der Waals surface area contributed by atoms with Gasteiger partial charge >= 0.3 is 5.97 Å². The number of carboxylic acid groups (broad SMARTS) is 1. The summed E-state index contributed by atoms with van der Waals surface area (Å²) in [5.74, 6) is -0.125. The summed E-state index contributed by atoms with van der Waals surface area (Å²) in [5.41, 5.74) is 0.783. The molecule has 84 valence electrons. The third kappa shape index (κ3) is 2.51. The number of halogens is 1. The van der Waals surface area contributed by atoms with Gasteiger partial charge in [-0.15, -0.1) is 11.3 Å². The van der Waals surface area contributed by atoms with Gasteiger partial charge in [0.1, 0.15) is 0 Å². The highest BCUT2D eigenvalue weighted by atomic mass is 79.9. The average molecular weight is 302 g/mol. The molecule has 0 fully saturated rings. The summed E-state index contributed by atoms with van der Waals surface area (Å²) in [6, 6.07) is 1.80. The first-order chi connectivity index (χ1) is 7.66. The predicted molar refractivity (Wildman–Crippen MR) is 63.5 cm³/mol. The lowest BCUT2D eigenvalue weighted by atomic mass is 10.2. The topological polar surface area (TPSA) is 63.3 Å². The maximum absolute atomic E-state index is 10.4. The number of hydrogen-bond donors (Lipinski definition) is 1. The Labute approximate surface area is 104 Å². The van der Waals surface area contributed by atoms with E-state index in [9.17, 15) is 4.79 Å². The van der Waals surface area contributed by atoms with E-state index in [1.807, 2.05) is 5.38 Å². The fourth-order valence-corrected chi connectivity index (χ4v) is 2.58. The maximum Gasteiger partial charge on any atom is 0.303 e. The first-order valence-corrected chi connectivity index (χ1v) is 6.23. The molecule has 0 atom stereocenters. The van der Waals surface area contributed by atoms with Crippen molar-refractivity contribution in [1.29, 1.82) is 0 Å². The molecule has 2 aromatic rings. The second-order valence-electron chi connectivity index (χ2n) is 3.14. The number of aliphatic carboxylic acids is 1. The number of carboxylic acids is 1. The number of aromatic nitrogens is 1. The molecule has 0 aliphatic carbocycles. The average Bonchev–Trinajstić information content (AvgIpc) is 2.83. The van der Waals surface area contributed by atoms with E-state index in [1.54, 1.807) is 12.3 Å². The van der Waals surface area contributed by atoms with E-state index >= 15 is 0 Å². The van der Waals surface area contributed by atoms with E-state index in [-0.39, 0.29) is 6.42 Å². The van der Waals surface area contributed by atoms with E-state index in [1.165, 1.54) is 11.3 Å². The molecule has 0 spiro atoms. The van der Waals surface area contributed by atoms with Gasteiger partial charge in [0.25, 0.3) is 0 Å². The quantitative estimate of drug-likeness (QED) is 0.942. The molecule has 0 radical (unpaired) electrons. The first-order valence-electron chi connectivity index (χ1n) is 4.56. The van der Waals surface area contributed by atoms with Gasteiger partial charge in [-0.25, -0.2) is 4.98 Å². The van der Waals surface area contributed by atoms with E-state index in [0.29, 0.717) is 12.2 Å². The number of hydrogen-bond acceptors (Lipinski definition) is 4. The minimum absolute atomic E-state index is 0.0997. The Morgan fingerprint density at radius 3 is 3.06 bits per heavy atom. The molecule has 2 aromatic heterocycles. The Hall–Kier alpha value is -1.14. The van der Waals surface area contributed by atoms with Gasteiger partial charge < -0.3 is 9.52 Å². The highest BCUT2D eigenvalue weighted by Gasteiger charge is 2.11. The fourth-order valence-electron chi connectivity index (χ4n) is 1.21. The molecule has 0 bridgehead atoms. The van der Waals surface area contributed by atoms with Crippen LogP contribution in [0.15, 0.2) is 26.6 Å². The summed E-state index contributed by atoms with van der Waals surface area (Å²) in [6.45, 7) is 0. The summed E-state index contributed by atoms with van der Waals surface area (Å²) in [7, 11) is 0. The van der Waals surface area contributed by atoms with Crippen molar-refractivity contribution in [1.82, 2.24) is 4.98 Å². The van der Waals surface area contributed by atoms with Crippen molar-refractivity contribution in [2.45, 2.75) is 12.8 Å². The maximum atomic E-state index is 10.4. The van der Waals surface area contributed by atoms with Gasteiger partial charge in [0, 0.05) is 11.8 Å². The van der Waals surface area contributed by atoms with Crippen molar-refractivity contribution in [3.05, 3.63) is 27.9 Å². The lowest BCUT2D eigenvalue weighted by Crippen LogP contribution is -1.97. The van der Waals surface area contributed by atoms with Crippen molar-refractivity contribution in [3.63, 3.8) is 0 Å². The number of furan rings is 1. The van der Waals surface area contributed by atoms with Crippen LogP contribution in [0, 0.1) is 0 Å². The van der Waals surface area contributed by atoms with Crippen LogP contribution >= 0.6 is 27.3 Å². The number of nitrogens with zero attached hydrogens (tertiary/aromatic N) is 1. The smallest absolute Gasteiger partial charge is 0.303 e. The normalized spacial score (nSPS) is 10.6. The molecular weight excluding hydrogens is 294 g/mol. The molecule has 2 heterocycles. The van der Waals surface area contributed by atoms with Gasteiger partial charge in [-0.3, -0.25) is 4.79 Å². The monoisotopic (exact) mass is 301 g/mol. The van der Waals surface area contributed by atoms with Crippen molar-refractivity contribution < 1.29 is 14.3 Å². The summed E-state index contributed by atoms with van der Waals surface area (Å²) in [5, 5.41) is 11.2. The molecule has 1 N–H and O–H groups in total. The fraction of sp³-hybridized carbons (Fsp3) is 0.200. The highest BCUT2D eigenvalue weighted by molar-refractivity contribution is 9.10. The molecule has 0 amide bonds. The molecule has 0 aliphatic rings. The summed E-state index contributed by atoms with van der Waals surface area (Å²) < 4.78 is 6.13. The van der Waals surface area contributed by atoms with Gasteiger partial charge in [0.05, 0.1) is 22.9 Å². The molecule has 0 aromatic carbocycles. The van der Waals surface area contributed by atoms with Crippen LogP contribution in [0.25, 0.3) is 10.8 Å². The van der Waals surface area contributed by atoms with E-state index in [2.05, 4.69) is 20.9 Å². The van der Waals surface area contributed by atoms with E-state index in [4.69, 9.17) is 9.52 Å². The number of thiazole rings is 1. The Balaban J connectivity index is 2.14. The second kappa shape index (κ2) is 4.80. The molecule has 2 rings (SSSR count). The van der Waals surface area contributed by atoms with Gasteiger partial charge in [-0.2, -0.15) is 0 Å². The van der Waals surface area contributed by atoms with Gasteiger partial charge in [0.15, 0.2) is 10.8 Å². The van der Waals surface area contributed by atoms with E-state index < -0.39 is 5.97 Å². The minimum atomic E-state index is -0.811. The van der Waals surface area contributed by atoms with Crippen LogP contribution in [0.3, 0.4) is 0 Å². The van der Waals surface area contributed by atoms with Crippen molar-refractivity contribution in [2.24, 2.45) is 0 Å². The molecule has 0 saturated carbocycles. The lowest BCUT2D eigenvalue weighted by molar-refractivity contribution is -0.136. The standard InChI is InChI=1S/C10H8BrNO3S/c11-7-3-4-15-9(7)10-12-6(5-16-10)1-2-8(13)14/h3-5H,1-2H2,(H,13,14). The van der Waals surface area contributed by atoms with Crippen molar-refractivity contribution >= 4 is 33.2 Å². The molecule has 16 heavy (non-hydrogen) atoms. The largest absolute Gasteiger partial charge is 0.481 e. The molecule has 0 saturated heterocycles. The number of aryl methyl sites for hydroxylation is 1. The van der Waals surface area contributed by atoms with Gasteiger partial charge in [-0.05, 0) is 22.0 Å². The summed E-state index contributed by atoms with van der Waals surface area (Å²) in [6.07, 6.45) is 2.13. The van der Waals surface area contributed by atoms with Crippen LogP contribution in [-0.4, -0.2) is 16.1 Å². The van der Waals surface area contributed by atoms with Gasteiger partial charge in [0.2, 0.25) is 0 Å². The second-order valence-corrected chi connectivity index (χ2v) is 4.85. The van der Waals surface area contributed by atoms with Gasteiger partial charge in [-0.1, -0.05) is 0 Å². The third-order valence-corrected chi connectivity index (χ3v) is 3.47. The zero-order valence-corrected chi connectivity index (χ0v) is 10.5. The predicted octanol–water partition coefficient (Wildman–Crippen LogP) is 3.18. The SMILES string of the molecule is O=C(O)CCc1csc(-c2occc2Br)n1. The highest BCUT2D eigenvalue weighted by Crippen LogP contribution is 2.31. The van der Waals surface area contributed by atoms with Crippen LogP contribution < -0.4 is 0 Å². The lowest BCUT2D eigenvalue weighted by Gasteiger charge is -1.92. The van der Waals surface area contributed by atoms with Crippen LogP contribution in [-0.2, 0) is 11.2 Å². The molecule has 0 aliphatic heterocycles.